The number of aryl methyl sites for hydroxylation is 4. The Morgan fingerprint density at radius 2 is 1.80 bits per heavy atom. The van der Waals surface area contributed by atoms with Crippen molar-refractivity contribution in [2.75, 3.05) is 0 Å². The molecule has 178 valence electrons. The predicted molar refractivity (Wildman–Crippen MR) is 145 cm³/mol. The Hall–Kier alpha value is -2.90. The van der Waals surface area contributed by atoms with E-state index in [9.17, 15) is 4.79 Å². The lowest BCUT2D eigenvalue weighted by Gasteiger charge is -2.33. The summed E-state index contributed by atoms with van der Waals surface area (Å²) in [5, 5.41) is 1.63. The van der Waals surface area contributed by atoms with Gasteiger partial charge in [0.25, 0.3) is 5.56 Å². The molecule has 2 N–H and O–H groups in total. The van der Waals surface area contributed by atoms with Gasteiger partial charge < -0.3 is 14.9 Å². The molecule has 0 radical (unpaired) electrons. The predicted octanol–water partition coefficient (Wildman–Crippen LogP) is 5.68. The molecule has 0 bridgehead atoms. The van der Waals surface area contributed by atoms with Crippen LogP contribution in [-0.2, 0) is 32.5 Å². The lowest BCUT2D eigenvalue weighted by atomic mass is 9.79. The van der Waals surface area contributed by atoms with Crippen molar-refractivity contribution < 1.29 is 0 Å². The number of para-hydroxylation sites is 1. The molecule has 0 aliphatic rings. The smallest absolute Gasteiger partial charge is 0.251 e. The number of nitrogens with zero attached hydrogens (tertiary/aromatic N) is 3. The summed E-state index contributed by atoms with van der Waals surface area (Å²) in [6.07, 6.45) is 5.03. The largest absolute Gasteiger partial charge is 0.336 e. The van der Waals surface area contributed by atoms with Gasteiger partial charge in [-0.05, 0) is 48.2 Å². The van der Waals surface area contributed by atoms with E-state index in [-0.39, 0.29) is 5.56 Å². The van der Waals surface area contributed by atoms with Crippen LogP contribution in [0.15, 0.2) is 78.0 Å². The number of rotatable bonds is 6. The molecule has 35 heavy (non-hydrogen) atoms. The summed E-state index contributed by atoms with van der Waals surface area (Å²) in [4.78, 5) is 18.7. The molecule has 0 aliphatic carbocycles. The average molecular weight is 523 g/mol. The SMILES string of the molecule is Cn1cncc1C(N)(c1ccc(Cl)cc1)c1cccc2c(CCc3ccc(Cl)s3)cc(=O)n(C)c12. The van der Waals surface area contributed by atoms with Crippen LogP contribution >= 0.6 is 34.5 Å². The van der Waals surface area contributed by atoms with E-state index >= 15 is 0 Å². The second-order valence-electron chi connectivity index (χ2n) is 8.68. The molecule has 5 aromatic rings. The molecule has 3 aromatic heterocycles. The number of fused-ring (bicyclic) bond motifs is 1. The van der Waals surface area contributed by atoms with E-state index in [0.717, 1.165) is 50.5 Å². The number of nitrogens with two attached hydrogens (primary N) is 1. The van der Waals surface area contributed by atoms with Gasteiger partial charge in [0.1, 0.15) is 5.54 Å². The topological polar surface area (TPSA) is 65.8 Å². The molecule has 3 heterocycles. The monoisotopic (exact) mass is 522 g/mol. The van der Waals surface area contributed by atoms with Crippen LogP contribution in [0.1, 0.15) is 27.3 Å². The van der Waals surface area contributed by atoms with Gasteiger partial charge in [0.2, 0.25) is 0 Å². The minimum absolute atomic E-state index is 0.0763. The Morgan fingerprint density at radius 1 is 1.03 bits per heavy atom. The molecular weight excluding hydrogens is 499 g/mol. The number of thiophene rings is 1. The summed E-state index contributed by atoms with van der Waals surface area (Å²) in [5.74, 6) is 0. The van der Waals surface area contributed by atoms with Gasteiger partial charge in [0.15, 0.2) is 0 Å². The van der Waals surface area contributed by atoms with Crippen molar-refractivity contribution in [3.05, 3.63) is 120 Å². The Balaban J connectivity index is 1.75. The molecule has 0 saturated carbocycles. The van der Waals surface area contributed by atoms with Gasteiger partial charge in [-0.2, -0.15) is 0 Å². The molecule has 1 unspecified atom stereocenters. The van der Waals surface area contributed by atoms with Gasteiger partial charge in [0.05, 0.1) is 28.1 Å². The first-order chi connectivity index (χ1) is 16.8. The second-order valence-corrected chi connectivity index (χ2v) is 10.9. The van der Waals surface area contributed by atoms with Crippen molar-refractivity contribution in [3.63, 3.8) is 0 Å². The fourth-order valence-corrected chi connectivity index (χ4v) is 5.97. The molecule has 0 saturated heterocycles. The third kappa shape index (κ3) is 4.21. The van der Waals surface area contributed by atoms with E-state index in [1.54, 1.807) is 41.5 Å². The highest BCUT2D eigenvalue weighted by Gasteiger charge is 2.37. The highest BCUT2D eigenvalue weighted by atomic mass is 35.5. The van der Waals surface area contributed by atoms with Gasteiger partial charge in [-0.25, -0.2) is 4.98 Å². The van der Waals surface area contributed by atoms with E-state index in [1.807, 2.05) is 60.1 Å². The van der Waals surface area contributed by atoms with Gasteiger partial charge in [0, 0.05) is 41.0 Å². The van der Waals surface area contributed by atoms with E-state index < -0.39 is 5.54 Å². The lowest BCUT2D eigenvalue weighted by Crippen LogP contribution is -2.41. The first-order valence-electron chi connectivity index (χ1n) is 11.2. The van der Waals surface area contributed by atoms with Gasteiger partial charge in [-0.15, -0.1) is 11.3 Å². The zero-order chi connectivity index (χ0) is 24.7. The number of imidazole rings is 1. The Labute approximate surface area is 217 Å². The Morgan fingerprint density at radius 3 is 2.46 bits per heavy atom. The molecule has 0 amide bonds. The van der Waals surface area contributed by atoms with Crippen molar-refractivity contribution in [1.82, 2.24) is 14.1 Å². The van der Waals surface area contributed by atoms with E-state index in [0.29, 0.717) is 5.02 Å². The Bertz CT molecular complexity index is 1590. The number of hydrogen-bond acceptors (Lipinski definition) is 4. The quantitative estimate of drug-likeness (QED) is 0.312. The van der Waals surface area contributed by atoms with Crippen LogP contribution in [0.2, 0.25) is 9.36 Å². The number of pyridine rings is 1. The molecule has 5 rings (SSSR count). The fourth-order valence-electron chi connectivity index (χ4n) is 4.76. The third-order valence-corrected chi connectivity index (χ3v) is 8.10. The highest BCUT2D eigenvalue weighted by Crippen LogP contribution is 2.38. The van der Waals surface area contributed by atoms with Gasteiger partial charge >= 0.3 is 0 Å². The normalized spacial score (nSPS) is 13.3. The minimum Gasteiger partial charge on any atom is -0.336 e. The molecule has 1 atom stereocenters. The molecule has 0 aliphatic heterocycles. The minimum atomic E-state index is -1.07. The van der Waals surface area contributed by atoms with Crippen LogP contribution in [0, 0.1) is 0 Å². The summed E-state index contributed by atoms with van der Waals surface area (Å²) in [6, 6.07) is 19.2. The number of aromatic nitrogens is 3. The van der Waals surface area contributed by atoms with Gasteiger partial charge in [-0.3, -0.25) is 4.79 Å². The highest BCUT2D eigenvalue weighted by molar-refractivity contribution is 7.16. The maximum atomic E-state index is 13.2. The van der Waals surface area contributed by atoms with E-state index in [2.05, 4.69) is 11.1 Å². The third-order valence-electron chi connectivity index (χ3n) is 6.56. The molecule has 2 aromatic carbocycles. The first kappa shape index (κ1) is 23.8. The summed E-state index contributed by atoms with van der Waals surface area (Å²) >= 11 is 13.9. The molecule has 5 nitrogen and oxygen atoms in total. The summed E-state index contributed by atoms with van der Waals surface area (Å²) in [7, 11) is 3.71. The van der Waals surface area contributed by atoms with Crippen molar-refractivity contribution in [3.8, 4) is 0 Å². The fraction of sp³-hybridized carbons (Fsp3) is 0.185. The van der Waals surface area contributed by atoms with Crippen molar-refractivity contribution in [2.45, 2.75) is 18.4 Å². The van der Waals surface area contributed by atoms with Crippen LogP contribution in [0.4, 0.5) is 0 Å². The zero-order valence-corrected chi connectivity index (χ0v) is 21.7. The zero-order valence-electron chi connectivity index (χ0n) is 19.3. The van der Waals surface area contributed by atoms with Crippen molar-refractivity contribution in [2.24, 2.45) is 19.8 Å². The Kier molecular flexibility index (Phi) is 6.32. The standard InChI is InChI=1S/C27H24Cl2N4OS/c1-32-16-31-15-23(32)27(30,18-7-9-19(28)10-8-18)22-5-3-4-21-17(14-25(34)33(2)26(21)22)6-11-20-12-13-24(29)35-20/h3-5,7-10,12-16H,6,11,30H2,1-2H3. The maximum absolute atomic E-state index is 13.2. The van der Waals surface area contributed by atoms with E-state index in [1.165, 1.54) is 4.88 Å². The number of benzene rings is 2. The first-order valence-corrected chi connectivity index (χ1v) is 12.7. The van der Waals surface area contributed by atoms with Crippen LogP contribution in [0.5, 0.6) is 0 Å². The number of halogens is 2. The van der Waals surface area contributed by atoms with Crippen LogP contribution in [-0.4, -0.2) is 14.1 Å². The molecule has 8 heteroatoms. The summed E-state index contributed by atoms with van der Waals surface area (Å²) < 4.78 is 4.36. The molecule has 0 spiro atoms. The van der Waals surface area contributed by atoms with Crippen LogP contribution in [0.25, 0.3) is 10.9 Å². The van der Waals surface area contributed by atoms with Crippen molar-refractivity contribution >= 4 is 45.4 Å². The van der Waals surface area contributed by atoms with Gasteiger partial charge in [-0.1, -0.05) is 53.5 Å². The lowest BCUT2D eigenvalue weighted by molar-refractivity contribution is 0.597. The summed E-state index contributed by atoms with van der Waals surface area (Å²) in [5.41, 5.74) is 10.4. The van der Waals surface area contributed by atoms with Crippen molar-refractivity contribution in [1.29, 1.82) is 0 Å². The van der Waals surface area contributed by atoms with Crippen LogP contribution < -0.4 is 11.3 Å². The maximum Gasteiger partial charge on any atom is 0.251 e. The molecular formula is C27H24Cl2N4OS. The molecule has 0 fully saturated rings. The number of hydrogen-bond donors (Lipinski definition) is 1. The summed E-state index contributed by atoms with van der Waals surface area (Å²) in [6.45, 7) is 0. The van der Waals surface area contributed by atoms with Crippen LogP contribution in [0.3, 0.4) is 0 Å². The average Bonchev–Trinajstić information content (AvgIpc) is 3.48. The second kappa shape index (κ2) is 9.28. The van der Waals surface area contributed by atoms with E-state index in [4.69, 9.17) is 28.9 Å².